The first-order valence-electron chi connectivity index (χ1n) is 18.3. The van der Waals surface area contributed by atoms with Crippen LogP contribution in [-0.2, 0) is 28.5 Å². The minimum absolute atomic E-state index is 0.0614. The first-order chi connectivity index (χ1) is 22.2. The SMILES string of the molecule is CC(=O)O[C@H](C[C@@H](C)[C@H]1C(=O)[C@H](O)[C@@]2(C)[C@@H]3[C@@H](O)C[C@H]4C(C)(C)[C@@H](O[C@@H]5OC[C@@H](O)[C@H](O)[C@H]5O)CC[C@@]45C[C@@]35CC[C@]12C)[C@@H]1OC1(C)C. The van der Waals surface area contributed by atoms with Gasteiger partial charge >= 0.3 is 5.97 Å². The van der Waals surface area contributed by atoms with Gasteiger partial charge in [-0.3, -0.25) is 9.59 Å². The van der Waals surface area contributed by atoms with Gasteiger partial charge in [-0.15, -0.1) is 0 Å². The molecule has 0 aromatic rings. The molecule has 5 N–H and O–H groups in total. The number of fused-ring (bicyclic) bond motifs is 2. The predicted molar refractivity (Wildman–Crippen MR) is 171 cm³/mol. The fraction of sp³-hybridized carbons (Fsp3) is 0.946. The monoisotopic (exact) mass is 678 g/mol. The van der Waals surface area contributed by atoms with Crippen molar-refractivity contribution in [1.29, 1.82) is 0 Å². The Kier molecular flexibility index (Phi) is 8.01. The van der Waals surface area contributed by atoms with Crippen LogP contribution in [-0.4, -0.2) is 105 Å². The number of Topliss-reactive ketones (excluding diaryl/α,β-unsaturated/α-hetero) is 1. The van der Waals surface area contributed by atoms with Crippen LogP contribution in [0.5, 0.6) is 0 Å². The number of carbonyl (C=O) groups excluding carboxylic acids is 2. The third-order valence-corrected chi connectivity index (χ3v) is 15.6. The van der Waals surface area contributed by atoms with Crippen LogP contribution in [0.4, 0.5) is 0 Å². The normalized spacial score (nSPS) is 54.2. The molecule has 11 nitrogen and oxygen atoms in total. The Bertz CT molecular complexity index is 1330. The van der Waals surface area contributed by atoms with Crippen LogP contribution in [0.25, 0.3) is 0 Å². The summed E-state index contributed by atoms with van der Waals surface area (Å²) in [7, 11) is 0. The summed E-state index contributed by atoms with van der Waals surface area (Å²) < 4.78 is 23.6. The van der Waals surface area contributed by atoms with E-state index in [1.54, 1.807) is 0 Å². The van der Waals surface area contributed by atoms with E-state index < -0.39 is 70.7 Å². The fourth-order valence-corrected chi connectivity index (χ4v) is 13.2. The van der Waals surface area contributed by atoms with Crippen LogP contribution >= 0.6 is 0 Å². The molecule has 0 unspecified atom stereocenters. The van der Waals surface area contributed by atoms with Crippen LogP contribution in [0.2, 0.25) is 0 Å². The summed E-state index contributed by atoms with van der Waals surface area (Å²) >= 11 is 0. The molecule has 48 heavy (non-hydrogen) atoms. The van der Waals surface area contributed by atoms with E-state index in [4.69, 9.17) is 18.9 Å². The maximum Gasteiger partial charge on any atom is 0.302 e. The summed E-state index contributed by atoms with van der Waals surface area (Å²) in [6, 6.07) is 0. The Balaban J connectivity index is 1.14. The molecule has 11 heteroatoms. The van der Waals surface area contributed by atoms with E-state index in [0.29, 0.717) is 19.3 Å². The minimum atomic E-state index is -1.37. The molecule has 5 saturated carbocycles. The average Bonchev–Trinajstić information content (AvgIpc) is 3.84. The largest absolute Gasteiger partial charge is 0.460 e. The van der Waals surface area contributed by atoms with Crippen LogP contribution in [0.3, 0.4) is 0 Å². The number of ketones is 1. The van der Waals surface area contributed by atoms with Crippen molar-refractivity contribution in [3.63, 3.8) is 0 Å². The highest BCUT2D eigenvalue weighted by atomic mass is 16.7. The molecule has 0 bridgehead atoms. The minimum Gasteiger partial charge on any atom is -0.460 e. The first-order valence-corrected chi connectivity index (χ1v) is 18.3. The van der Waals surface area contributed by atoms with Crippen molar-refractivity contribution in [2.24, 2.45) is 50.7 Å². The predicted octanol–water partition coefficient (Wildman–Crippen LogP) is 2.51. The number of aliphatic hydroxyl groups is 5. The number of ether oxygens (including phenoxy) is 4. The number of epoxide rings is 1. The number of esters is 1. The zero-order valence-electron chi connectivity index (χ0n) is 29.8. The van der Waals surface area contributed by atoms with Crippen molar-refractivity contribution in [2.75, 3.05) is 6.61 Å². The Labute approximate surface area is 284 Å². The molecule has 7 rings (SSSR count). The topological polar surface area (TPSA) is 176 Å². The maximum atomic E-state index is 14.3. The summed E-state index contributed by atoms with van der Waals surface area (Å²) in [4.78, 5) is 26.3. The van der Waals surface area contributed by atoms with Crippen molar-refractivity contribution < 1.29 is 54.1 Å². The standard InChI is InChI=1S/C37H58O11/c1-17(13-21(46-18(2)38)30-33(5,6)48-30)24-26(42)29(44)35(8)28-19(39)14-22-32(3,4)23(47-31-27(43)25(41)20(40)15-45-31)9-10-36(22)16-37(28,36)12-11-34(24,35)7/h17,19-25,27-31,39-41,43-44H,9-16H2,1-8H3/t17-,19+,20-,21-,22+,23+,24+,25+,27-,28+,29+,30+,31+,34-,35-,36-,37+/m1/s1. The molecule has 0 radical (unpaired) electrons. The molecular weight excluding hydrogens is 620 g/mol. The Morgan fingerprint density at radius 2 is 1.62 bits per heavy atom. The van der Waals surface area contributed by atoms with Crippen molar-refractivity contribution in [2.45, 2.75) is 161 Å². The number of hydrogen-bond acceptors (Lipinski definition) is 11. The molecule has 0 aromatic heterocycles. The quantitative estimate of drug-likeness (QED) is 0.152. The maximum absolute atomic E-state index is 14.3. The third-order valence-electron chi connectivity index (χ3n) is 15.6. The number of rotatable bonds is 7. The van der Waals surface area contributed by atoms with E-state index in [0.717, 1.165) is 25.7 Å². The lowest BCUT2D eigenvalue weighted by molar-refractivity contribution is -0.305. The van der Waals surface area contributed by atoms with Gasteiger partial charge in [-0.1, -0.05) is 34.6 Å². The Morgan fingerprint density at radius 1 is 0.958 bits per heavy atom. The summed E-state index contributed by atoms with van der Waals surface area (Å²) in [6.45, 7) is 15.8. The summed E-state index contributed by atoms with van der Waals surface area (Å²) in [5.74, 6) is -1.32. The second kappa shape index (κ2) is 10.9. The van der Waals surface area contributed by atoms with Gasteiger partial charge in [-0.05, 0) is 98.2 Å². The molecule has 2 heterocycles. The van der Waals surface area contributed by atoms with Crippen molar-refractivity contribution in [1.82, 2.24) is 0 Å². The zero-order chi connectivity index (χ0) is 35.1. The first kappa shape index (κ1) is 35.2. The smallest absolute Gasteiger partial charge is 0.302 e. The lowest BCUT2D eigenvalue weighted by atomic mass is 9.40. The van der Waals surface area contributed by atoms with Gasteiger partial charge in [0.25, 0.3) is 0 Å². The second-order valence-electron chi connectivity index (χ2n) is 18.5. The summed E-state index contributed by atoms with van der Waals surface area (Å²) in [6.07, 6.45) is -2.79. The lowest BCUT2D eigenvalue weighted by Crippen LogP contribution is -2.64. The van der Waals surface area contributed by atoms with Crippen molar-refractivity contribution >= 4 is 11.8 Å². The molecular formula is C37H58O11. The lowest BCUT2D eigenvalue weighted by Gasteiger charge is -2.64. The van der Waals surface area contributed by atoms with Gasteiger partial charge in [0.2, 0.25) is 0 Å². The van der Waals surface area contributed by atoms with Gasteiger partial charge in [0, 0.05) is 18.3 Å². The van der Waals surface area contributed by atoms with Gasteiger partial charge in [-0.25, -0.2) is 0 Å². The molecule has 5 aliphatic carbocycles. The number of aliphatic hydroxyl groups excluding tert-OH is 5. The van der Waals surface area contributed by atoms with Crippen LogP contribution in [0.1, 0.15) is 100 Å². The summed E-state index contributed by atoms with van der Waals surface area (Å²) in [5.41, 5.74) is -2.47. The van der Waals surface area contributed by atoms with E-state index in [-0.39, 0.29) is 59.2 Å². The zero-order valence-corrected chi connectivity index (χ0v) is 29.8. The molecule has 2 aliphatic heterocycles. The van der Waals surface area contributed by atoms with Gasteiger partial charge in [-0.2, -0.15) is 0 Å². The second-order valence-corrected chi connectivity index (χ2v) is 18.5. The molecule has 17 atom stereocenters. The van der Waals surface area contributed by atoms with Crippen LogP contribution in [0.15, 0.2) is 0 Å². The van der Waals surface area contributed by atoms with E-state index in [2.05, 4.69) is 27.7 Å². The van der Waals surface area contributed by atoms with Crippen molar-refractivity contribution in [3.8, 4) is 0 Å². The number of hydrogen-bond donors (Lipinski definition) is 5. The van der Waals surface area contributed by atoms with E-state index in [1.165, 1.54) is 6.92 Å². The van der Waals surface area contributed by atoms with Gasteiger partial charge in [0.15, 0.2) is 12.1 Å². The Hall–Kier alpha value is -1.18. The van der Waals surface area contributed by atoms with Crippen LogP contribution < -0.4 is 0 Å². The number of carbonyl (C=O) groups is 2. The van der Waals surface area contributed by atoms with Gasteiger partial charge < -0.3 is 44.5 Å². The van der Waals surface area contributed by atoms with Gasteiger partial charge in [0.1, 0.15) is 36.6 Å². The third kappa shape index (κ3) is 4.53. The molecule has 2 saturated heterocycles. The van der Waals surface area contributed by atoms with E-state index in [9.17, 15) is 35.1 Å². The average molecular weight is 679 g/mol. The molecule has 0 aromatic carbocycles. The van der Waals surface area contributed by atoms with Crippen LogP contribution in [0, 0.1) is 50.7 Å². The fourth-order valence-electron chi connectivity index (χ4n) is 13.2. The van der Waals surface area contributed by atoms with Crippen molar-refractivity contribution in [3.05, 3.63) is 0 Å². The van der Waals surface area contributed by atoms with E-state index in [1.807, 2.05) is 20.8 Å². The molecule has 272 valence electrons. The highest BCUT2D eigenvalue weighted by molar-refractivity contribution is 5.90. The van der Waals surface area contributed by atoms with Gasteiger partial charge in [0.05, 0.1) is 24.4 Å². The Morgan fingerprint density at radius 3 is 2.25 bits per heavy atom. The molecule has 7 aliphatic rings. The van der Waals surface area contributed by atoms with E-state index >= 15 is 0 Å². The molecule has 0 amide bonds. The molecule has 7 fully saturated rings. The summed E-state index contributed by atoms with van der Waals surface area (Å²) in [5, 5.41) is 55.1. The highest BCUT2D eigenvalue weighted by Gasteiger charge is 2.86. The molecule has 2 spiro atoms. The highest BCUT2D eigenvalue weighted by Crippen LogP contribution is 2.89.